The number of rotatable bonds is 6. The summed E-state index contributed by atoms with van der Waals surface area (Å²) in [5.74, 6) is -0.0474. The third-order valence-corrected chi connectivity index (χ3v) is 7.98. The lowest BCUT2D eigenvalue weighted by Gasteiger charge is -2.37. The summed E-state index contributed by atoms with van der Waals surface area (Å²) in [5.41, 5.74) is -2.20. The van der Waals surface area contributed by atoms with Gasteiger partial charge in [0.15, 0.2) is 10.2 Å². The summed E-state index contributed by atoms with van der Waals surface area (Å²) >= 11 is 0.527. The number of carbonyl (C=O) groups excluding carboxylic acids is 1. The van der Waals surface area contributed by atoms with E-state index in [1.807, 2.05) is 0 Å². The Hall–Kier alpha value is -3.08. The Labute approximate surface area is 229 Å². The summed E-state index contributed by atoms with van der Waals surface area (Å²) in [4.78, 5) is 35.7. The van der Waals surface area contributed by atoms with E-state index in [0.717, 1.165) is 12.1 Å². The smallest absolute Gasteiger partial charge is 0.382 e. The van der Waals surface area contributed by atoms with Gasteiger partial charge in [0.2, 0.25) is 5.91 Å². The highest BCUT2D eigenvalue weighted by Gasteiger charge is 2.40. The number of carbonyl (C=O) groups is 1. The monoisotopic (exact) mass is 595 g/mol. The van der Waals surface area contributed by atoms with Gasteiger partial charge in [-0.25, -0.2) is 9.98 Å². The minimum atomic E-state index is -4.86. The number of nitro benzene ring substituents is 1. The van der Waals surface area contributed by atoms with Crippen LogP contribution in [0.1, 0.15) is 24.8 Å². The number of amides is 1. The average molecular weight is 596 g/mol. The normalized spacial score (nSPS) is 19.8. The van der Waals surface area contributed by atoms with Crippen LogP contribution < -0.4 is 5.32 Å². The topological polar surface area (TPSA) is 107 Å². The van der Waals surface area contributed by atoms with Gasteiger partial charge in [0.25, 0.3) is 5.69 Å². The molecule has 17 heteroatoms. The van der Waals surface area contributed by atoms with Crippen LogP contribution in [0.15, 0.2) is 28.2 Å². The molecule has 10 nitrogen and oxygen atoms in total. The van der Waals surface area contributed by atoms with Crippen LogP contribution in [0.4, 0.5) is 37.7 Å². The Bertz CT molecular complexity index is 1160. The van der Waals surface area contributed by atoms with Crippen molar-refractivity contribution in [1.29, 1.82) is 0 Å². The molecule has 0 unspecified atom stereocenters. The molecule has 2 fully saturated rings. The second-order valence-corrected chi connectivity index (χ2v) is 10.5. The predicted molar refractivity (Wildman–Crippen MR) is 137 cm³/mol. The van der Waals surface area contributed by atoms with Crippen LogP contribution in [0.25, 0.3) is 0 Å². The number of thioether (sulfide) groups is 1. The number of aliphatic imine (C=N–C) groups is 2. The van der Waals surface area contributed by atoms with Crippen molar-refractivity contribution in [3.8, 4) is 0 Å². The number of piperidine rings is 1. The van der Waals surface area contributed by atoms with Crippen LogP contribution >= 0.6 is 11.8 Å². The van der Waals surface area contributed by atoms with Gasteiger partial charge in [0, 0.05) is 70.0 Å². The highest BCUT2D eigenvalue weighted by molar-refractivity contribution is 8.26. The van der Waals surface area contributed by atoms with E-state index >= 15 is 0 Å². The number of alkyl halides is 6. The summed E-state index contributed by atoms with van der Waals surface area (Å²) in [6, 6.07) is 2.62. The standard InChI is InChI=1S/C23H27F6N7O3S/c24-22(25,26)17-13-16(1-2-18(17)36(38)39)32-15-3-7-34(8-4-15)19(37)5-6-33-9-11-35(12-10-33)21-31-14-30-20(40-21)23(27,28)29/h1-2,13,15,32H,3-12,14H2. The SMILES string of the molecule is O=C(CCN1CCN(C2=NCN=C(C(F)(F)F)S2)CC1)N1CCC(Nc2ccc([N+](=O)[O-])c(C(F)(F)F)c2)CC1. The first-order chi connectivity index (χ1) is 18.8. The molecule has 0 spiro atoms. The van der Waals surface area contributed by atoms with Gasteiger partial charge in [0.05, 0.1) is 4.92 Å². The number of piperazine rings is 1. The molecular formula is C23H27F6N7O3S. The summed E-state index contributed by atoms with van der Waals surface area (Å²) in [6.07, 6.45) is -8.08. The fourth-order valence-corrected chi connectivity index (χ4v) is 5.56. The maximum atomic E-state index is 13.2. The quantitative estimate of drug-likeness (QED) is 0.301. The minimum Gasteiger partial charge on any atom is -0.382 e. The molecule has 40 heavy (non-hydrogen) atoms. The highest BCUT2D eigenvalue weighted by atomic mass is 32.2. The average Bonchev–Trinajstić information content (AvgIpc) is 2.91. The molecule has 1 aromatic rings. The predicted octanol–water partition coefficient (Wildman–Crippen LogP) is 4.05. The Kier molecular flexibility index (Phi) is 9.12. The van der Waals surface area contributed by atoms with Gasteiger partial charge < -0.3 is 15.1 Å². The van der Waals surface area contributed by atoms with Crippen molar-refractivity contribution in [1.82, 2.24) is 14.7 Å². The molecule has 3 aliphatic heterocycles. The van der Waals surface area contributed by atoms with E-state index in [1.165, 1.54) is 6.07 Å². The van der Waals surface area contributed by atoms with Gasteiger partial charge in [-0.2, -0.15) is 26.3 Å². The maximum absolute atomic E-state index is 13.2. The molecule has 3 heterocycles. The maximum Gasteiger partial charge on any atom is 0.439 e. The van der Waals surface area contributed by atoms with Gasteiger partial charge in [-0.3, -0.25) is 19.8 Å². The van der Waals surface area contributed by atoms with Gasteiger partial charge in [-0.05, 0) is 36.7 Å². The second kappa shape index (κ2) is 12.2. The lowest BCUT2D eigenvalue weighted by atomic mass is 10.0. The number of halogens is 6. The van der Waals surface area contributed by atoms with Crippen LogP contribution in [-0.2, 0) is 11.0 Å². The van der Waals surface area contributed by atoms with Crippen molar-refractivity contribution in [2.45, 2.75) is 37.7 Å². The van der Waals surface area contributed by atoms with E-state index in [-0.39, 0.29) is 30.7 Å². The Morgan fingerprint density at radius 2 is 1.70 bits per heavy atom. The largest absolute Gasteiger partial charge is 0.439 e. The van der Waals surface area contributed by atoms with Crippen molar-refractivity contribution < 1.29 is 36.1 Å². The van der Waals surface area contributed by atoms with E-state index in [0.29, 0.717) is 75.6 Å². The van der Waals surface area contributed by atoms with E-state index in [2.05, 4.69) is 20.2 Å². The highest BCUT2D eigenvalue weighted by Crippen LogP contribution is 2.38. The van der Waals surface area contributed by atoms with Crippen LogP contribution in [0.3, 0.4) is 0 Å². The number of hydrogen-bond donors (Lipinski definition) is 1. The molecule has 1 aromatic carbocycles. The van der Waals surface area contributed by atoms with Gasteiger partial charge in [-0.15, -0.1) is 0 Å². The van der Waals surface area contributed by atoms with Crippen molar-refractivity contribution in [3.63, 3.8) is 0 Å². The van der Waals surface area contributed by atoms with Crippen LogP contribution in [0.5, 0.6) is 0 Å². The summed E-state index contributed by atoms with van der Waals surface area (Å²) in [6.45, 7) is 3.22. The molecule has 0 saturated carbocycles. The zero-order valence-electron chi connectivity index (χ0n) is 21.2. The van der Waals surface area contributed by atoms with Crippen molar-refractivity contribution >= 4 is 39.3 Å². The fraction of sp³-hybridized carbons (Fsp3) is 0.609. The fourth-order valence-electron chi connectivity index (χ4n) is 4.72. The number of anilines is 1. The molecule has 0 bridgehead atoms. The number of nitrogens with zero attached hydrogens (tertiary/aromatic N) is 6. The lowest BCUT2D eigenvalue weighted by molar-refractivity contribution is -0.388. The molecule has 2 saturated heterocycles. The first-order valence-electron chi connectivity index (χ1n) is 12.5. The van der Waals surface area contributed by atoms with Crippen molar-refractivity contribution in [3.05, 3.63) is 33.9 Å². The molecule has 0 aliphatic carbocycles. The van der Waals surface area contributed by atoms with Gasteiger partial charge in [-0.1, -0.05) is 0 Å². The van der Waals surface area contributed by atoms with Crippen LogP contribution in [-0.4, -0.2) is 100 Å². The summed E-state index contributed by atoms with van der Waals surface area (Å²) in [7, 11) is 0. The van der Waals surface area contributed by atoms with Gasteiger partial charge in [0.1, 0.15) is 12.2 Å². The van der Waals surface area contributed by atoms with Crippen molar-refractivity contribution in [2.24, 2.45) is 9.98 Å². The first kappa shape index (κ1) is 29.9. The first-order valence-corrected chi connectivity index (χ1v) is 13.3. The zero-order valence-corrected chi connectivity index (χ0v) is 22.0. The molecule has 220 valence electrons. The summed E-state index contributed by atoms with van der Waals surface area (Å²) in [5, 5.41) is 13.3. The minimum absolute atomic E-state index is 0.0474. The van der Waals surface area contributed by atoms with Gasteiger partial charge >= 0.3 is 12.4 Å². The lowest BCUT2D eigenvalue weighted by Crippen LogP contribution is -2.50. The molecule has 1 amide bonds. The zero-order chi connectivity index (χ0) is 29.1. The molecule has 3 aliphatic rings. The molecule has 4 rings (SSSR count). The Morgan fingerprint density at radius 1 is 1.02 bits per heavy atom. The third kappa shape index (κ3) is 7.56. The molecule has 0 radical (unpaired) electrons. The number of benzene rings is 1. The van der Waals surface area contributed by atoms with E-state index in [1.54, 1.807) is 9.80 Å². The molecule has 0 aromatic heterocycles. The van der Waals surface area contributed by atoms with E-state index in [4.69, 9.17) is 0 Å². The van der Waals surface area contributed by atoms with E-state index in [9.17, 15) is 41.3 Å². The number of likely N-dealkylation sites (tertiary alicyclic amines) is 1. The number of nitrogens with one attached hydrogen (secondary N) is 1. The van der Waals surface area contributed by atoms with E-state index < -0.39 is 33.6 Å². The second-order valence-electron chi connectivity index (χ2n) is 9.51. The number of nitro groups is 1. The Balaban J connectivity index is 1.19. The third-order valence-electron chi connectivity index (χ3n) is 6.85. The molecular weight excluding hydrogens is 568 g/mol. The molecule has 0 atom stereocenters. The van der Waals surface area contributed by atoms with Crippen LogP contribution in [0, 0.1) is 10.1 Å². The summed E-state index contributed by atoms with van der Waals surface area (Å²) < 4.78 is 78.6. The van der Waals surface area contributed by atoms with Crippen molar-refractivity contribution in [2.75, 3.05) is 57.8 Å². The number of hydrogen-bond acceptors (Lipinski definition) is 9. The molecule has 1 N–H and O–H groups in total. The van der Waals surface area contributed by atoms with Crippen LogP contribution in [0.2, 0.25) is 0 Å². The Morgan fingerprint density at radius 3 is 2.30 bits per heavy atom. The number of amidine groups is 1.